The topological polar surface area (TPSA) is 66.4 Å². The third-order valence-electron chi connectivity index (χ3n) is 2.56. The van der Waals surface area contributed by atoms with Gasteiger partial charge >= 0.3 is 5.97 Å². The van der Waals surface area contributed by atoms with Crippen LogP contribution < -0.4 is 5.32 Å². The molecule has 1 unspecified atom stereocenters. The van der Waals surface area contributed by atoms with Gasteiger partial charge in [0.05, 0.1) is 11.1 Å². The number of nitrogens with one attached hydrogen (secondary N) is 1. The molecule has 0 aliphatic carbocycles. The molecule has 1 aromatic carbocycles. The molecule has 0 spiro atoms. The average molecular weight is 234 g/mol. The van der Waals surface area contributed by atoms with Gasteiger partial charge < -0.3 is 10.4 Å². The van der Waals surface area contributed by atoms with Crippen molar-refractivity contribution in [1.82, 2.24) is 5.32 Å². The molecule has 0 saturated carbocycles. The van der Waals surface area contributed by atoms with E-state index >= 15 is 0 Å². The van der Waals surface area contributed by atoms with Gasteiger partial charge in [-0.3, -0.25) is 4.79 Å². The summed E-state index contributed by atoms with van der Waals surface area (Å²) < 4.78 is 0. The predicted molar refractivity (Wildman–Crippen MR) is 64.9 cm³/mol. The summed E-state index contributed by atoms with van der Waals surface area (Å²) in [5, 5.41) is 11.7. The second-order valence-electron chi connectivity index (χ2n) is 3.67. The lowest BCUT2D eigenvalue weighted by Crippen LogP contribution is -2.35. The number of carbonyl (C=O) groups is 2. The second-order valence-corrected chi connectivity index (χ2v) is 3.67. The SMILES string of the molecule is C[CH]C(CC)NC(=O)c1ccccc1C(=O)O. The number of hydrogen-bond acceptors (Lipinski definition) is 2. The lowest BCUT2D eigenvalue weighted by atomic mass is 10.1. The minimum Gasteiger partial charge on any atom is -0.478 e. The quantitative estimate of drug-likeness (QED) is 0.820. The number of amides is 1. The first kappa shape index (κ1) is 13.2. The van der Waals surface area contributed by atoms with Gasteiger partial charge in [-0.05, 0) is 25.0 Å². The molecule has 0 saturated heterocycles. The van der Waals surface area contributed by atoms with Crippen molar-refractivity contribution in [3.05, 3.63) is 41.8 Å². The van der Waals surface area contributed by atoms with E-state index in [1.165, 1.54) is 12.1 Å². The molecule has 1 rings (SSSR count). The van der Waals surface area contributed by atoms with Crippen molar-refractivity contribution in [2.45, 2.75) is 26.3 Å². The van der Waals surface area contributed by atoms with E-state index in [2.05, 4.69) is 5.32 Å². The highest BCUT2D eigenvalue weighted by Crippen LogP contribution is 2.09. The van der Waals surface area contributed by atoms with E-state index in [1.54, 1.807) is 12.1 Å². The van der Waals surface area contributed by atoms with E-state index in [0.717, 1.165) is 6.42 Å². The van der Waals surface area contributed by atoms with Gasteiger partial charge in [0.25, 0.3) is 5.91 Å². The summed E-state index contributed by atoms with van der Waals surface area (Å²) in [6.45, 7) is 3.81. The Balaban J connectivity index is 2.92. The Hall–Kier alpha value is -1.84. The van der Waals surface area contributed by atoms with Gasteiger partial charge in [-0.1, -0.05) is 26.0 Å². The molecule has 17 heavy (non-hydrogen) atoms. The smallest absolute Gasteiger partial charge is 0.336 e. The number of carboxylic acid groups (broad SMARTS) is 1. The zero-order valence-corrected chi connectivity index (χ0v) is 9.93. The first-order valence-corrected chi connectivity index (χ1v) is 5.52. The van der Waals surface area contributed by atoms with Gasteiger partial charge in [-0.15, -0.1) is 0 Å². The first-order chi connectivity index (χ1) is 8.10. The molecule has 1 aromatic rings. The summed E-state index contributed by atoms with van der Waals surface area (Å²) in [5.74, 6) is -1.45. The van der Waals surface area contributed by atoms with E-state index in [1.807, 2.05) is 20.3 Å². The highest BCUT2D eigenvalue weighted by molar-refractivity contribution is 6.04. The minimum atomic E-state index is -1.09. The second kappa shape index (κ2) is 6.03. The maximum atomic E-state index is 11.9. The monoisotopic (exact) mass is 234 g/mol. The number of carboxylic acids is 1. The van der Waals surface area contributed by atoms with Crippen molar-refractivity contribution in [2.75, 3.05) is 0 Å². The average Bonchev–Trinajstić information content (AvgIpc) is 2.35. The van der Waals surface area contributed by atoms with Gasteiger partial charge in [0.2, 0.25) is 0 Å². The van der Waals surface area contributed by atoms with Crippen LogP contribution in [0.1, 0.15) is 41.0 Å². The van der Waals surface area contributed by atoms with Crippen LogP contribution in [-0.2, 0) is 0 Å². The van der Waals surface area contributed by atoms with E-state index in [4.69, 9.17) is 5.11 Å². The van der Waals surface area contributed by atoms with Crippen molar-refractivity contribution in [3.63, 3.8) is 0 Å². The Labute approximate surface area is 101 Å². The molecule has 1 atom stereocenters. The normalized spacial score (nSPS) is 10.3. The van der Waals surface area contributed by atoms with Crippen molar-refractivity contribution in [1.29, 1.82) is 0 Å². The van der Waals surface area contributed by atoms with Crippen LogP contribution in [0.25, 0.3) is 0 Å². The van der Waals surface area contributed by atoms with Crippen LogP contribution in [0.2, 0.25) is 0 Å². The van der Waals surface area contributed by atoms with Gasteiger partial charge in [-0.25, -0.2) is 4.79 Å². The number of rotatable bonds is 5. The molecule has 0 fully saturated rings. The molecular weight excluding hydrogens is 218 g/mol. The van der Waals surface area contributed by atoms with Crippen LogP contribution in [0.3, 0.4) is 0 Å². The van der Waals surface area contributed by atoms with E-state index < -0.39 is 5.97 Å². The van der Waals surface area contributed by atoms with Gasteiger partial charge in [0, 0.05) is 6.04 Å². The molecule has 1 radical (unpaired) electrons. The maximum Gasteiger partial charge on any atom is 0.336 e. The molecule has 4 nitrogen and oxygen atoms in total. The third kappa shape index (κ3) is 3.31. The first-order valence-electron chi connectivity index (χ1n) is 5.52. The highest BCUT2D eigenvalue weighted by Gasteiger charge is 2.17. The summed E-state index contributed by atoms with van der Waals surface area (Å²) in [6.07, 6.45) is 2.65. The van der Waals surface area contributed by atoms with Crippen molar-refractivity contribution in [3.8, 4) is 0 Å². The summed E-state index contributed by atoms with van der Waals surface area (Å²) in [4.78, 5) is 22.9. The number of benzene rings is 1. The zero-order chi connectivity index (χ0) is 12.8. The molecule has 0 bridgehead atoms. The zero-order valence-electron chi connectivity index (χ0n) is 9.93. The van der Waals surface area contributed by atoms with Crippen LogP contribution in [0.5, 0.6) is 0 Å². The van der Waals surface area contributed by atoms with Gasteiger partial charge in [-0.2, -0.15) is 0 Å². The number of hydrogen-bond donors (Lipinski definition) is 2. The molecule has 0 aliphatic heterocycles. The van der Waals surface area contributed by atoms with Crippen molar-refractivity contribution >= 4 is 11.9 Å². The highest BCUT2D eigenvalue weighted by atomic mass is 16.4. The largest absolute Gasteiger partial charge is 0.478 e. The summed E-state index contributed by atoms with van der Waals surface area (Å²) in [5.41, 5.74) is 0.219. The molecule has 91 valence electrons. The molecule has 2 N–H and O–H groups in total. The molecule has 0 aromatic heterocycles. The molecule has 1 amide bonds. The maximum absolute atomic E-state index is 11.9. The summed E-state index contributed by atoms with van der Waals surface area (Å²) >= 11 is 0. The molecule has 0 heterocycles. The number of carbonyl (C=O) groups excluding carboxylic acids is 1. The fourth-order valence-electron chi connectivity index (χ4n) is 1.53. The van der Waals surface area contributed by atoms with Gasteiger partial charge in [0.1, 0.15) is 0 Å². The van der Waals surface area contributed by atoms with Crippen LogP contribution >= 0.6 is 0 Å². The van der Waals surface area contributed by atoms with Gasteiger partial charge in [0.15, 0.2) is 0 Å². The van der Waals surface area contributed by atoms with Crippen LogP contribution in [0.15, 0.2) is 24.3 Å². The summed E-state index contributed by atoms with van der Waals surface area (Å²) in [6, 6.07) is 6.15. The molecule has 0 aliphatic rings. The molecule has 4 heteroatoms. The standard InChI is InChI=1S/C13H16NO3/c1-3-9(4-2)14-12(15)10-7-5-6-8-11(10)13(16)17/h3,5-9H,4H2,1-2H3,(H,14,15)(H,16,17). The van der Waals surface area contributed by atoms with Crippen LogP contribution in [-0.4, -0.2) is 23.0 Å². The summed E-state index contributed by atoms with van der Waals surface area (Å²) in [7, 11) is 0. The molecular formula is C13H16NO3. The van der Waals surface area contributed by atoms with E-state index in [0.29, 0.717) is 0 Å². The Bertz CT molecular complexity index is 411. The Kier molecular flexibility index (Phi) is 4.69. The Morgan fingerprint density at radius 2 is 1.94 bits per heavy atom. The van der Waals surface area contributed by atoms with E-state index in [-0.39, 0.29) is 23.1 Å². The Morgan fingerprint density at radius 1 is 1.35 bits per heavy atom. The van der Waals surface area contributed by atoms with Crippen LogP contribution in [0, 0.1) is 6.42 Å². The Morgan fingerprint density at radius 3 is 2.41 bits per heavy atom. The fourth-order valence-corrected chi connectivity index (χ4v) is 1.53. The van der Waals surface area contributed by atoms with E-state index in [9.17, 15) is 9.59 Å². The third-order valence-corrected chi connectivity index (χ3v) is 2.56. The fraction of sp³-hybridized carbons (Fsp3) is 0.308. The lowest BCUT2D eigenvalue weighted by molar-refractivity contribution is 0.0690. The number of aromatic carboxylic acids is 1. The van der Waals surface area contributed by atoms with Crippen LogP contribution in [0.4, 0.5) is 0 Å². The van der Waals surface area contributed by atoms with Crippen molar-refractivity contribution < 1.29 is 14.7 Å². The minimum absolute atomic E-state index is 0.0240. The van der Waals surface area contributed by atoms with Crippen molar-refractivity contribution in [2.24, 2.45) is 0 Å². The predicted octanol–water partition coefficient (Wildman–Crippen LogP) is 2.12. The lowest BCUT2D eigenvalue weighted by Gasteiger charge is -2.15.